The zero-order valence-corrected chi connectivity index (χ0v) is 49.0. The SMILES string of the molecule is CC1(C)[C@@H](O[C@H]2O[C@H](C(=O)NCCCCCCN)[C@@H](O)[C@H](O)[C@H]2O[C@H]2O[C@H](C(=O)NCCCCCCN)[C@@H](O)[C@H](O)[C@H]2O)CC[C@]2(C)[C@H]3C(=O)C=C4[C@@H]5C[C@@](C)(C(=O)NCCCCCCN)CC[C@]5(C)CC[C@@]4(C)[C@]3(C)CC[C@@H]12. The number of ketones is 1. The molecule has 7 aliphatic rings. The molecule has 452 valence electrons. The number of amides is 3. The number of fused-ring (bicyclic) bond motifs is 7. The lowest BCUT2D eigenvalue weighted by atomic mass is 9.33. The molecular weight excluding hydrogens is 1010 g/mol. The molecule has 0 aromatic rings. The molecule has 0 spiro atoms. The molecule has 5 aliphatic carbocycles. The maximum atomic E-state index is 15.4. The normalized spacial score (nSPS) is 41.7. The topological polar surface area (TPSA) is 320 Å². The number of carbonyl (C=O) groups excluding carboxylic acids is 4. The van der Waals surface area contributed by atoms with Gasteiger partial charge in [0.2, 0.25) is 5.91 Å². The molecule has 0 aromatic carbocycles. The van der Waals surface area contributed by atoms with Gasteiger partial charge < -0.3 is 77.6 Å². The van der Waals surface area contributed by atoms with Gasteiger partial charge in [-0.1, -0.05) is 92.6 Å². The summed E-state index contributed by atoms with van der Waals surface area (Å²) in [5.41, 5.74) is 15.9. The molecule has 7 rings (SSSR count). The number of hydrogen-bond donors (Lipinski definition) is 11. The number of carbonyl (C=O) groups is 4. The summed E-state index contributed by atoms with van der Waals surface area (Å²) in [5.74, 6) is -1.40. The highest BCUT2D eigenvalue weighted by Gasteiger charge is 2.71. The number of unbranched alkanes of at least 4 members (excludes halogenated alkanes) is 9. The van der Waals surface area contributed by atoms with Crippen LogP contribution in [0, 0.1) is 50.2 Å². The number of nitrogens with one attached hydrogen (secondary N) is 3. The third-order valence-corrected chi connectivity index (χ3v) is 21.6. The fourth-order valence-corrected chi connectivity index (χ4v) is 16.3. The molecule has 2 heterocycles. The van der Waals surface area contributed by atoms with Crippen LogP contribution < -0.4 is 33.2 Å². The average Bonchev–Trinajstić information content (AvgIpc) is 3.43. The Morgan fingerprint density at radius 2 is 1.11 bits per heavy atom. The van der Waals surface area contributed by atoms with E-state index in [0.29, 0.717) is 58.3 Å². The number of ether oxygens (including phenoxy) is 4. The lowest BCUT2D eigenvalue weighted by molar-refractivity contribution is -0.369. The van der Waals surface area contributed by atoms with Gasteiger partial charge in [-0.3, -0.25) is 19.2 Å². The molecule has 2 saturated heterocycles. The van der Waals surface area contributed by atoms with E-state index in [4.69, 9.17) is 36.1 Å². The van der Waals surface area contributed by atoms with Crippen LogP contribution in [0.3, 0.4) is 0 Å². The predicted molar refractivity (Wildman–Crippen MR) is 298 cm³/mol. The summed E-state index contributed by atoms with van der Waals surface area (Å²) < 4.78 is 25.5. The van der Waals surface area contributed by atoms with Gasteiger partial charge in [0.1, 0.15) is 36.6 Å². The van der Waals surface area contributed by atoms with Crippen LogP contribution in [-0.4, -0.2) is 156 Å². The van der Waals surface area contributed by atoms with Crippen molar-refractivity contribution in [3.05, 3.63) is 11.6 Å². The van der Waals surface area contributed by atoms with Crippen LogP contribution in [0.2, 0.25) is 0 Å². The lowest BCUT2D eigenvalue weighted by Gasteiger charge is -2.70. The van der Waals surface area contributed by atoms with E-state index in [9.17, 15) is 39.9 Å². The smallest absolute Gasteiger partial charge is 0.252 e. The zero-order valence-electron chi connectivity index (χ0n) is 49.0. The third kappa shape index (κ3) is 12.9. The minimum Gasteiger partial charge on any atom is -0.387 e. The van der Waals surface area contributed by atoms with Gasteiger partial charge in [-0.15, -0.1) is 0 Å². The number of aliphatic hydroxyl groups is 5. The van der Waals surface area contributed by atoms with Crippen molar-refractivity contribution in [2.24, 2.45) is 67.4 Å². The molecule has 2 aliphatic heterocycles. The Morgan fingerprint density at radius 3 is 1.68 bits per heavy atom. The van der Waals surface area contributed by atoms with Gasteiger partial charge in [-0.25, -0.2) is 0 Å². The largest absolute Gasteiger partial charge is 0.387 e. The van der Waals surface area contributed by atoms with Gasteiger partial charge in [-0.2, -0.15) is 0 Å². The minimum absolute atomic E-state index is 0.0192. The Kier molecular flexibility index (Phi) is 21.4. The number of nitrogens with two attached hydrogens (primary N) is 3. The Morgan fingerprint density at radius 1 is 0.595 bits per heavy atom. The summed E-state index contributed by atoms with van der Waals surface area (Å²) in [7, 11) is 0. The van der Waals surface area contributed by atoms with Crippen molar-refractivity contribution in [2.45, 2.75) is 251 Å². The third-order valence-electron chi connectivity index (χ3n) is 21.6. The van der Waals surface area contributed by atoms with Crippen LogP contribution in [0.1, 0.15) is 183 Å². The Balaban J connectivity index is 1.11. The fraction of sp³-hybridized carbons (Fsp3) is 0.900. The van der Waals surface area contributed by atoms with Crippen molar-refractivity contribution < 1.29 is 63.7 Å². The van der Waals surface area contributed by atoms with Crippen molar-refractivity contribution in [3.8, 4) is 0 Å². The van der Waals surface area contributed by atoms with Crippen molar-refractivity contribution in [2.75, 3.05) is 39.3 Å². The van der Waals surface area contributed by atoms with Crippen molar-refractivity contribution in [1.29, 1.82) is 0 Å². The van der Waals surface area contributed by atoms with E-state index in [-0.39, 0.29) is 58.8 Å². The van der Waals surface area contributed by atoms with Crippen molar-refractivity contribution in [3.63, 3.8) is 0 Å². The van der Waals surface area contributed by atoms with E-state index >= 15 is 4.79 Å². The van der Waals surface area contributed by atoms with E-state index in [0.717, 1.165) is 103 Å². The quantitative estimate of drug-likeness (QED) is 0.0456. The summed E-state index contributed by atoms with van der Waals surface area (Å²) in [6, 6.07) is 0. The summed E-state index contributed by atoms with van der Waals surface area (Å²) in [6.07, 6.45) is 1.26. The van der Waals surface area contributed by atoms with E-state index in [1.165, 1.54) is 5.57 Å². The first-order chi connectivity index (χ1) is 37.4. The van der Waals surface area contributed by atoms with E-state index < -0.39 is 95.6 Å². The summed E-state index contributed by atoms with van der Waals surface area (Å²) in [5, 5.41) is 65.8. The number of hydrogen-bond acceptors (Lipinski definition) is 16. The highest BCUT2D eigenvalue weighted by molar-refractivity contribution is 5.96. The Hall–Kier alpha value is -2.66. The number of allylic oxidation sites excluding steroid dienone is 2. The highest BCUT2D eigenvalue weighted by atomic mass is 16.8. The molecule has 3 amide bonds. The van der Waals surface area contributed by atoms with Gasteiger partial charge in [0.25, 0.3) is 11.8 Å². The van der Waals surface area contributed by atoms with Crippen LogP contribution in [-0.2, 0) is 38.1 Å². The molecule has 0 unspecified atom stereocenters. The first-order valence-corrected chi connectivity index (χ1v) is 30.6. The second-order valence-corrected chi connectivity index (χ2v) is 27.1. The molecule has 4 saturated carbocycles. The van der Waals surface area contributed by atoms with Gasteiger partial charge >= 0.3 is 0 Å². The van der Waals surface area contributed by atoms with Gasteiger partial charge in [0.05, 0.1) is 6.10 Å². The van der Waals surface area contributed by atoms with Crippen LogP contribution in [0.5, 0.6) is 0 Å². The number of aliphatic hydroxyl groups excluding tert-OH is 5. The van der Waals surface area contributed by atoms with E-state index in [2.05, 4.69) is 64.4 Å². The van der Waals surface area contributed by atoms with Crippen molar-refractivity contribution >= 4 is 23.5 Å². The van der Waals surface area contributed by atoms with Gasteiger partial charge in [0.15, 0.2) is 30.6 Å². The van der Waals surface area contributed by atoms with Crippen LogP contribution in [0.15, 0.2) is 11.6 Å². The molecule has 14 N–H and O–H groups in total. The minimum atomic E-state index is -1.92. The van der Waals surface area contributed by atoms with Crippen LogP contribution in [0.25, 0.3) is 0 Å². The molecule has 19 heteroatoms. The van der Waals surface area contributed by atoms with Gasteiger partial charge in [-0.05, 0) is 161 Å². The first-order valence-electron chi connectivity index (χ1n) is 30.6. The van der Waals surface area contributed by atoms with Crippen molar-refractivity contribution in [1.82, 2.24) is 16.0 Å². The summed E-state index contributed by atoms with van der Waals surface area (Å²) >= 11 is 0. The standard InChI is InChI=1S/C60H104N6O13/c1-55(2)39-20-23-60(7)49(38(67)34-36-37-35-57(4,54(75)66-33-19-13-10-16-30-63)25-24-56(37,3)26-27-59(36,60)6)58(39,5)22-21-40(55)76-53-48(44(71)43(70)47(78-53)51(74)65-32-18-12-9-15-29-62)79-52-45(72)41(68)42(69)46(77-52)50(73)64-31-17-11-8-14-28-61/h34,37,39-49,52-53,68-72H,8-33,35,61-63H2,1-7H3,(H,64,73)(H,65,74)(H,66,75)/t37-,39-,40-,41-,42-,43-,44-,45+,46-,47-,48+,49+,52+,53-,56+,57-,58-,59+,60+/m0/s1. The predicted octanol–water partition coefficient (Wildman–Crippen LogP) is 3.90. The summed E-state index contributed by atoms with van der Waals surface area (Å²) in [4.78, 5) is 56.7. The molecule has 0 bridgehead atoms. The molecule has 6 fully saturated rings. The second-order valence-electron chi connectivity index (χ2n) is 27.1. The van der Waals surface area contributed by atoms with Gasteiger partial charge in [0, 0.05) is 31.0 Å². The lowest BCUT2D eigenvalue weighted by Crippen LogP contribution is -2.68. The van der Waals surface area contributed by atoms with Crippen LogP contribution in [0.4, 0.5) is 0 Å². The summed E-state index contributed by atoms with van der Waals surface area (Å²) in [6.45, 7) is 18.8. The maximum absolute atomic E-state index is 15.4. The van der Waals surface area contributed by atoms with E-state index in [1.807, 2.05) is 6.08 Å². The molecule has 0 radical (unpaired) electrons. The number of rotatable bonds is 25. The molecule has 79 heavy (non-hydrogen) atoms. The maximum Gasteiger partial charge on any atom is 0.252 e. The van der Waals surface area contributed by atoms with Crippen LogP contribution >= 0.6 is 0 Å². The molecule has 0 aromatic heterocycles. The molecular formula is C60H104N6O13. The van der Waals surface area contributed by atoms with E-state index in [1.54, 1.807) is 0 Å². The fourth-order valence-electron chi connectivity index (χ4n) is 16.3. The molecule has 19 nitrogen and oxygen atoms in total. The second kappa shape index (κ2) is 26.5. The zero-order chi connectivity index (χ0) is 57.7. The monoisotopic (exact) mass is 1120 g/mol. The Bertz CT molecular complexity index is 2120. The molecule has 19 atom stereocenters. The Labute approximate surface area is 470 Å². The first kappa shape index (κ1) is 63.9. The highest BCUT2D eigenvalue weighted by Crippen LogP contribution is 2.75. The average molecular weight is 1120 g/mol.